The lowest BCUT2D eigenvalue weighted by molar-refractivity contribution is 0.0603. The summed E-state index contributed by atoms with van der Waals surface area (Å²) in [5, 5.41) is 1.82. The maximum absolute atomic E-state index is 12.0. The Morgan fingerprint density at radius 1 is 1.16 bits per heavy atom. The van der Waals surface area contributed by atoms with Gasteiger partial charge in [0.25, 0.3) is 0 Å². The summed E-state index contributed by atoms with van der Waals surface area (Å²) in [5.74, 6) is 0.440. The van der Waals surface area contributed by atoms with E-state index in [1.165, 1.54) is 7.11 Å². The average Bonchev–Trinajstić information content (AvgIpc) is 3.21. The van der Waals surface area contributed by atoms with Crippen LogP contribution in [0.15, 0.2) is 42.6 Å². The molecule has 0 aliphatic heterocycles. The van der Waals surface area contributed by atoms with Crippen LogP contribution in [0, 0.1) is 0 Å². The van der Waals surface area contributed by atoms with Crippen molar-refractivity contribution in [1.82, 2.24) is 14.5 Å². The minimum Gasteiger partial charge on any atom is -0.497 e. The Morgan fingerprint density at radius 2 is 2.00 bits per heavy atom. The number of carbonyl (C=O) groups excluding carboxylic acids is 1. The van der Waals surface area contributed by atoms with Crippen LogP contribution in [0.2, 0.25) is 0 Å². The van der Waals surface area contributed by atoms with Gasteiger partial charge in [-0.3, -0.25) is 0 Å². The van der Waals surface area contributed by atoms with E-state index in [1.54, 1.807) is 19.4 Å². The number of esters is 1. The standard InChI is InChI=1S/C19H17N3O3/c1-22-16-5-4-12(24-2)8-11(16)9-17(22)15-10-14-13(19(23)25-3)6-7-20-18(14)21-15/h4-10H,1-3H3,(H,20,21). The second kappa shape index (κ2) is 5.66. The third-order valence-electron chi connectivity index (χ3n) is 4.46. The number of H-pyrrole nitrogens is 1. The summed E-state index contributed by atoms with van der Waals surface area (Å²) < 4.78 is 12.3. The second-order valence-electron chi connectivity index (χ2n) is 5.81. The SMILES string of the molecule is COC(=O)c1ccnc2[nH]c(-c3cc4cc(OC)ccc4n3C)cc12. The van der Waals surface area contributed by atoms with Gasteiger partial charge in [0, 0.05) is 29.5 Å². The van der Waals surface area contributed by atoms with Crippen LogP contribution in [0.4, 0.5) is 0 Å². The van der Waals surface area contributed by atoms with Crippen LogP contribution in [-0.2, 0) is 11.8 Å². The molecule has 0 radical (unpaired) electrons. The minimum absolute atomic E-state index is 0.375. The Morgan fingerprint density at radius 3 is 2.76 bits per heavy atom. The molecule has 6 heteroatoms. The van der Waals surface area contributed by atoms with E-state index < -0.39 is 0 Å². The van der Waals surface area contributed by atoms with Crippen molar-refractivity contribution in [3.8, 4) is 17.1 Å². The number of benzene rings is 1. The lowest BCUT2D eigenvalue weighted by Crippen LogP contribution is -2.01. The van der Waals surface area contributed by atoms with E-state index in [-0.39, 0.29) is 5.97 Å². The van der Waals surface area contributed by atoms with Crippen LogP contribution in [0.5, 0.6) is 5.75 Å². The predicted octanol–water partition coefficient (Wildman–Crippen LogP) is 3.52. The molecule has 0 spiro atoms. The zero-order valence-electron chi connectivity index (χ0n) is 14.2. The van der Waals surface area contributed by atoms with Crippen LogP contribution in [-0.4, -0.2) is 34.7 Å². The summed E-state index contributed by atoms with van der Waals surface area (Å²) in [6.07, 6.45) is 1.60. The second-order valence-corrected chi connectivity index (χ2v) is 5.81. The number of aromatic amines is 1. The summed E-state index contributed by atoms with van der Waals surface area (Å²) in [6, 6.07) is 11.6. The van der Waals surface area contributed by atoms with Gasteiger partial charge in [-0.15, -0.1) is 0 Å². The fourth-order valence-electron chi connectivity index (χ4n) is 3.17. The monoisotopic (exact) mass is 335 g/mol. The van der Waals surface area contributed by atoms with Crippen molar-refractivity contribution in [2.75, 3.05) is 14.2 Å². The van der Waals surface area contributed by atoms with E-state index >= 15 is 0 Å². The van der Waals surface area contributed by atoms with Gasteiger partial charge in [0.05, 0.1) is 31.2 Å². The molecule has 0 atom stereocenters. The normalized spacial score (nSPS) is 11.2. The highest BCUT2D eigenvalue weighted by molar-refractivity contribution is 6.04. The molecule has 1 N–H and O–H groups in total. The van der Waals surface area contributed by atoms with E-state index in [0.29, 0.717) is 11.2 Å². The summed E-state index contributed by atoms with van der Waals surface area (Å²) in [4.78, 5) is 19.6. The molecule has 0 fully saturated rings. The number of hydrogen-bond donors (Lipinski definition) is 1. The fourth-order valence-corrected chi connectivity index (χ4v) is 3.17. The number of carbonyl (C=O) groups is 1. The van der Waals surface area contributed by atoms with Crippen molar-refractivity contribution >= 4 is 27.9 Å². The van der Waals surface area contributed by atoms with Crippen molar-refractivity contribution in [3.05, 3.63) is 48.2 Å². The topological polar surface area (TPSA) is 69.1 Å². The molecule has 6 nitrogen and oxygen atoms in total. The quantitative estimate of drug-likeness (QED) is 0.582. The number of nitrogens with one attached hydrogen (secondary N) is 1. The lowest BCUT2D eigenvalue weighted by atomic mass is 10.1. The lowest BCUT2D eigenvalue weighted by Gasteiger charge is -2.02. The highest BCUT2D eigenvalue weighted by Gasteiger charge is 2.16. The zero-order valence-corrected chi connectivity index (χ0v) is 14.2. The average molecular weight is 335 g/mol. The van der Waals surface area contributed by atoms with Crippen molar-refractivity contribution in [2.24, 2.45) is 7.05 Å². The van der Waals surface area contributed by atoms with Gasteiger partial charge >= 0.3 is 5.97 Å². The molecule has 4 aromatic rings. The molecule has 126 valence electrons. The van der Waals surface area contributed by atoms with Gasteiger partial charge in [0.15, 0.2) is 0 Å². The third-order valence-corrected chi connectivity index (χ3v) is 4.46. The minimum atomic E-state index is -0.375. The molecule has 4 rings (SSSR count). The van der Waals surface area contributed by atoms with Gasteiger partial charge in [0.1, 0.15) is 11.4 Å². The molecular formula is C19H17N3O3. The van der Waals surface area contributed by atoms with E-state index in [9.17, 15) is 4.79 Å². The van der Waals surface area contributed by atoms with Gasteiger partial charge in [-0.05, 0) is 36.4 Å². The van der Waals surface area contributed by atoms with Crippen LogP contribution >= 0.6 is 0 Å². The first-order chi connectivity index (χ1) is 12.1. The van der Waals surface area contributed by atoms with Crippen LogP contribution in [0.1, 0.15) is 10.4 Å². The molecule has 1 aromatic carbocycles. The molecule has 0 saturated carbocycles. The van der Waals surface area contributed by atoms with Gasteiger partial charge in [-0.2, -0.15) is 0 Å². The number of nitrogens with zero attached hydrogens (tertiary/aromatic N) is 2. The first-order valence-corrected chi connectivity index (χ1v) is 7.82. The smallest absolute Gasteiger partial charge is 0.338 e. The number of aryl methyl sites for hydroxylation is 1. The number of ether oxygens (including phenoxy) is 2. The molecule has 0 amide bonds. The molecular weight excluding hydrogens is 318 g/mol. The number of methoxy groups -OCH3 is 2. The Bertz CT molecular complexity index is 1110. The molecule has 0 bridgehead atoms. The zero-order chi connectivity index (χ0) is 17.6. The van der Waals surface area contributed by atoms with E-state index in [0.717, 1.165) is 33.4 Å². The molecule has 0 saturated heterocycles. The Balaban J connectivity index is 1.91. The maximum atomic E-state index is 12.0. The van der Waals surface area contributed by atoms with Crippen LogP contribution in [0.25, 0.3) is 33.3 Å². The predicted molar refractivity (Wildman–Crippen MR) is 95.9 cm³/mol. The summed E-state index contributed by atoms with van der Waals surface area (Å²) in [7, 11) is 5.03. The highest BCUT2D eigenvalue weighted by atomic mass is 16.5. The first kappa shape index (κ1) is 15.3. The van der Waals surface area contributed by atoms with Crippen LogP contribution in [0.3, 0.4) is 0 Å². The Hall–Kier alpha value is -3.28. The van der Waals surface area contributed by atoms with Gasteiger partial charge < -0.3 is 19.0 Å². The summed E-state index contributed by atoms with van der Waals surface area (Å²) in [5.41, 5.74) is 4.13. The van der Waals surface area contributed by atoms with Gasteiger partial charge in [0.2, 0.25) is 0 Å². The highest BCUT2D eigenvalue weighted by Crippen LogP contribution is 2.31. The van der Waals surface area contributed by atoms with Crippen molar-refractivity contribution in [2.45, 2.75) is 0 Å². The number of fused-ring (bicyclic) bond motifs is 2. The Kier molecular flexibility index (Phi) is 3.46. The van der Waals surface area contributed by atoms with Crippen molar-refractivity contribution in [1.29, 1.82) is 0 Å². The number of aromatic nitrogens is 3. The number of rotatable bonds is 3. The molecule has 0 aliphatic carbocycles. The molecule has 3 heterocycles. The molecule has 0 unspecified atom stereocenters. The van der Waals surface area contributed by atoms with Gasteiger partial charge in [-0.25, -0.2) is 9.78 Å². The Labute approximate surface area is 144 Å². The summed E-state index contributed by atoms with van der Waals surface area (Å²) in [6.45, 7) is 0. The van der Waals surface area contributed by atoms with E-state index in [4.69, 9.17) is 9.47 Å². The van der Waals surface area contributed by atoms with Crippen LogP contribution < -0.4 is 4.74 Å². The summed E-state index contributed by atoms with van der Waals surface area (Å²) >= 11 is 0. The maximum Gasteiger partial charge on any atom is 0.338 e. The molecule has 25 heavy (non-hydrogen) atoms. The first-order valence-electron chi connectivity index (χ1n) is 7.82. The van der Waals surface area contributed by atoms with Crippen molar-refractivity contribution in [3.63, 3.8) is 0 Å². The molecule has 3 aromatic heterocycles. The van der Waals surface area contributed by atoms with E-state index in [2.05, 4.69) is 20.6 Å². The van der Waals surface area contributed by atoms with Gasteiger partial charge in [-0.1, -0.05) is 0 Å². The van der Waals surface area contributed by atoms with Crippen molar-refractivity contribution < 1.29 is 14.3 Å². The third kappa shape index (κ3) is 2.34. The number of hydrogen-bond acceptors (Lipinski definition) is 4. The molecule has 0 aliphatic rings. The number of pyridine rings is 1. The largest absolute Gasteiger partial charge is 0.497 e. The fraction of sp³-hybridized carbons (Fsp3) is 0.158. The van der Waals surface area contributed by atoms with E-state index in [1.807, 2.05) is 31.3 Å².